The van der Waals surface area contributed by atoms with E-state index >= 15 is 0 Å². The van der Waals surface area contributed by atoms with Gasteiger partial charge < -0.3 is 15.4 Å². The van der Waals surface area contributed by atoms with E-state index in [1.165, 1.54) is 18.4 Å². The van der Waals surface area contributed by atoms with Crippen LogP contribution in [0.3, 0.4) is 0 Å². The molecule has 0 saturated heterocycles. The van der Waals surface area contributed by atoms with Crippen molar-refractivity contribution in [2.45, 2.75) is 64.8 Å². The number of aromatic nitrogens is 2. The van der Waals surface area contributed by atoms with Crippen LogP contribution in [0.5, 0.6) is 0 Å². The molecule has 0 aromatic carbocycles. The Morgan fingerprint density at radius 1 is 1.43 bits per heavy atom. The molecule has 21 heavy (non-hydrogen) atoms. The molecule has 3 rings (SSSR count). The van der Waals surface area contributed by atoms with E-state index in [0.717, 1.165) is 17.8 Å². The highest BCUT2D eigenvalue weighted by Crippen LogP contribution is 2.38. The summed E-state index contributed by atoms with van der Waals surface area (Å²) in [4.78, 5) is 14.0. The van der Waals surface area contributed by atoms with E-state index in [-0.39, 0.29) is 6.09 Å². The van der Waals surface area contributed by atoms with Gasteiger partial charge in [0.15, 0.2) is 0 Å². The van der Waals surface area contributed by atoms with E-state index < -0.39 is 5.60 Å². The predicted octanol–water partition coefficient (Wildman–Crippen LogP) is 1.97. The van der Waals surface area contributed by atoms with Gasteiger partial charge in [0.1, 0.15) is 5.60 Å². The molecule has 2 heterocycles. The van der Waals surface area contributed by atoms with Gasteiger partial charge >= 0.3 is 6.09 Å². The van der Waals surface area contributed by atoms with Gasteiger partial charge in [-0.1, -0.05) is 0 Å². The first-order valence-electron chi connectivity index (χ1n) is 7.66. The van der Waals surface area contributed by atoms with Crippen LogP contribution >= 0.6 is 0 Å². The molecule has 1 aliphatic heterocycles. The van der Waals surface area contributed by atoms with Gasteiger partial charge in [-0.2, -0.15) is 5.10 Å². The molecule has 0 unspecified atom stereocenters. The SMILES string of the molecule is CC(C)(C)OC(=O)N1CCc2c(CN)nn(C3CC3)c2C1. The second-order valence-corrected chi connectivity index (χ2v) is 6.90. The van der Waals surface area contributed by atoms with Crippen LogP contribution in [-0.2, 0) is 24.2 Å². The first-order valence-corrected chi connectivity index (χ1v) is 7.66. The largest absolute Gasteiger partial charge is 0.444 e. The number of fused-ring (bicyclic) bond motifs is 1. The van der Waals surface area contributed by atoms with E-state index in [4.69, 9.17) is 10.5 Å². The molecule has 2 aliphatic rings. The maximum Gasteiger partial charge on any atom is 0.410 e. The Labute approximate surface area is 125 Å². The normalized spacial score (nSPS) is 18.6. The van der Waals surface area contributed by atoms with Crippen LogP contribution in [-0.4, -0.2) is 32.9 Å². The molecule has 1 aromatic heterocycles. The van der Waals surface area contributed by atoms with Crippen molar-refractivity contribution in [3.8, 4) is 0 Å². The third-order valence-corrected chi connectivity index (χ3v) is 3.91. The van der Waals surface area contributed by atoms with Crippen molar-refractivity contribution in [3.63, 3.8) is 0 Å². The minimum Gasteiger partial charge on any atom is -0.444 e. The summed E-state index contributed by atoms with van der Waals surface area (Å²) in [6, 6.07) is 0.498. The number of ether oxygens (including phenoxy) is 1. The van der Waals surface area contributed by atoms with E-state index in [2.05, 4.69) is 9.78 Å². The van der Waals surface area contributed by atoms with Crippen LogP contribution in [0.4, 0.5) is 4.79 Å². The van der Waals surface area contributed by atoms with Gasteiger partial charge in [0.2, 0.25) is 0 Å². The smallest absolute Gasteiger partial charge is 0.410 e. The van der Waals surface area contributed by atoms with Gasteiger partial charge in [-0.15, -0.1) is 0 Å². The lowest BCUT2D eigenvalue weighted by Crippen LogP contribution is -2.40. The molecule has 1 amide bonds. The van der Waals surface area contributed by atoms with Crippen LogP contribution in [0.1, 0.15) is 56.6 Å². The summed E-state index contributed by atoms with van der Waals surface area (Å²) in [7, 11) is 0. The van der Waals surface area contributed by atoms with Crippen molar-refractivity contribution >= 4 is 6.09 Å². The summed E-state index contributed by atoms with van der Waals surface area (Å²) < 4.78 is 7.57. The summed E-state index contributed by atoms with van der Waals surface area (Å²) in [5, 5.41) is 4.65. The second kappa shape index (κ2) is 5.02. The number of rotatable bonds is 2. The molecule has 1 fully saturated rings. The molecule has 116 valence electrons. The molecular weight excluding hydrogens is 268 g/mol. The summed E-state index contributed by atoms with van der Waals surface area (Å²) in [6.45, 7) is 7.39. The van der Waals surface area contributed by atoms with Gasteiger partial charge in [-0.25, -0.2) is 4.79 Å². The van der Waals surface area contributed by atoms with E-state index in [1.54, 1.807) is 4.90 Å². The first-order chi connectivity index (χ1) is 9.89. The lowest BCUT2D eigenvalue weighted by Gasteiger charge is -2.30. The fourth-order valence-electron chi connectivity index (χ4n) is 2.79. The molecule has 6 nitrogen and oxygen atoms in total. The molecule has 0 bridgehead atoms. The van der Waals surface area contributed by atoms with Crippen molar-refractivity contribution in [2.24, 2.45) is 5.73 Å². The van der Waals surface area contributed by atoms with Crippen molar-refractivity contribution in [2.75, 3.05) is 6.54 Å². The van der Waals surface area contributed by atoms with Gasteiger partial charge in [-0.05, 0) is 40.0 Å². The Balaban J connectivity index is 1.81. The average molecular weight is 292 g/mol. The highest BCUT2D eigenvalue weighted by Gasteiger charge is 2.34. The summed E-state index contributed by atoms with van der Waals surface area (Å²) in [5.41, 5.74) is 8.72. The van der Waals surface area contributed by atoms with E-state index in [1.807, 2.05) is 20.8 Å². The maximum absolute atomic E-state index is 12.2. The topological polar surface area (TPSA) is 73.4 Å². The number of nitrogens with two attached hydrogens (primary N) is 1. The minimum atomic E-state index is -0.462. The van der Waals surface area contributed by atoms with Crippen molar-refractivity contribution < 1.29 is 9.53 Å². The van der Waals surface area contributed by atoms with Crippen LogP contribution in [0, 0.1) is 0 Å². The number of nitrogens with zero attached hydrogens (tertiary/aromatic N) is 3. The van der Waals surface area contributed by atoms with Gasteiger partial charge in [0.25, 0.3) is 0 Å². The molecule has 2 N–H and O–H groups in total. The number of carbonyl (C=O) groups excluding carboxylic acids is 1. The molecule has 0 radical (unpaired) electrons. The molecule has 6 heteroatoms. The van der Waals surface area contributed by atoms with Crippen molar-refractivity contribution in [3.05, 3.63) is 17.0 Å². The highest BCUT2D eigenvalue weighted by molar-refractivity contribution is 5.68. The van der Waals surface area contributed by atoms with Crippen LogP contribution in [0.15, 0.2) is 0 Å². The maximum atomic E-state index is 12.2. The van der Waals surface area contributed by atoms with Crippen LogP contribution in [0.2, 0.25) is 0 Å². The van der Waals surface area contributed by atoms with Gasteiger partial charge in [-0.3, -0.25) is 4.68 Å². The standard InChI is InChI=1S/C15H24N4O2/c1-15(2,3)21-14(20)18-7-6-11-12(8-16)17-19(10-4-5-10)13(11)9-18/h10H,4-9,16H2,1-3H3. The van der Waals surface area contributed by atoms with E-state index in [9.17, 15) is 4.79 Å². The molecule has 1 aromatic rings. The zero-order chi connectivity index (χ0) is 15.2. The number of amides is 1. The molecule has 0 atom stereocenters. The summed E-state index contributed by atoms with van der Waals surface area (Å²) >= 11 is 0. The number of hydrogen-bond acceptors (Lipinski definition) is 4. The quantitative estimate of drug-likeness (QED) is 0.904. The molecular formula is C15H24N4O2. The Hall–Kier alpha value is -1.56. The first kappa shape index (κ1) is 14.4. The Morgan fingerprint density at radius 3 is 2.71 bits per heavy atom. The van der Waals surface area contributed by atoms with E-state index in [0.29, 0.717) is 25.7 Å². The number of hydrogen-bond donors (Lipinski definition) is 1. The van der Waals surface area contributed by atoms with Crippen LogP contribution in [0.25, 0.3) is 0 Å². The Bertz CT molecular complexity index is 555. The average Bonchev–Trinajstić information content (AvgIpc) is 3.17. The predicted molar refractivity (Wildman–Crippen MR) is 78.7 cm³/mol. The number of carbonyl (C=O) groups is 1. The fraction of sp³-hybridized carbons (Fsp3) is 0.733. The lowest BCUT2D eigenvalue weighted by atomic mass is 10.0. The monoisotopic (exact) mass is 292 g/mol. The highest BCUT2D eigenvalue weighted by atomic mass is 16.6. The fourth-order valence-corrected chi connectivity index (χ4v) is 2.79. The minimum absolute atomic E-state index is 0.244. The third-order valence-electron chi connectivity index (χ3n) is 3.91. The van der Waals surface area contributed by atoms with Gasteiger partial charge in [0.05, 0.1) is 24.0 Å². The van der Waals surface area contributed by atoms with Crippen LogP contribution < -0.4 is 5.73 Å². The molecule has 1 aliphatic carbocycles. The zero-order valence-electron chi connectivity index (χ0n) is 13.1. The summed E-state index contributed by atoms with van der Waals surface area (Å²) in [6.07, 6.45) is 2.91. The van der Waals surface area contributed by atoms with Crippen molar-refractivity contribution in [1.29, 1.82) is 0 Å². The van der Waals surface area contributed by atoms with Crippen molar-refractivity contribution in [1.82, 2.24) is 14.7 Å². The second-order valence-electron chi connectivity index (χ2n) is 6.90. The Kier molecular flexibility index (Phi) is 3.43. The lowest BCUT2D eigenvalue weighted by molar-refractivity contribution is 0.0218. The third kappa shape index (κ3) is 2.90. The summed E-state index contributed by atoms with van der Waals surface area (Å²) in [5.74, 6) is 0. The zero-order valence-corrected chi connectivity index (χ0v) is 13.1. The van der Waals surface area contributed by atoms with Gasteiger partial charge in [0, 0.05) is 18.7 Å². The molecule has 0 spiro atoms. The molecule has 1 saturated carbocycles. The Morgan fingerprint density at radius 2 is 2.14 bits per heavy atom.